The first-order valence-electron chi connectivity index (χ1n) is 49.1. The molecule has 37 heteroatoms. The van der Waals surface area contributed by atoms with Crippen molar-refractivity contribution in [2.24, 2.45) is 58.8 Å². The van der Waals surface area contributed by atoms with Crippen LogP contribution < -0.4 is 54.9 Å². The van der Waals surface area contributed by atoms with Crippen molar-refractivity contribution in [1.82, 2.24) is 26.8 Å². The Kier molecular flexibility index (Phi) is 73.6. The Balaban J connectivity index is 0.00000260. The summed E-state index contributed by atoms with van der Waals surface area (Å²) in [5.74, 6) is 6.60. The number of aliphatic hydroxyl groups is 10. The first-order chi connectivity index (χ1) is 64.6. The third-order valence-electron chi connectivity index (χ3n) is 24.3. The van der Waals surface area contributed by atoms with Gasteiger partial charge in [-0.25, -0.2) is 9.59 Å². The summed E-state index contributed by atoms with van der Waals surface area (Å²) in [6.07, 6.45) is 12.7. The van der Waals surface area contributed by atoms with E-state index in [1.807, 2.05) is 41.5 Å². The Morgan fingerprint density at radius 2 is 0.779 bits per heavy atom. The first-order valence-corrected chi connectivity index (χ1v) is 49.1. The molecule has 0 saturated carbocycles. The van der Waals surface area contributed by atoms with Crippen LogP contribution in [0.15, 0.2) is 48.5 Å². The van der Waals surface area contributed by atoms with Gasteiger partial charge in [-0.2, -0.15) is 0 Å². The van der Waals surface area contributed by atoms with E-state index in [0.29, 0.717) is 74.1 Å². The standard InChI is InChI=1S/C52H91N5O14.C44H79N5O11.2CO.CH4/c1-7-8-9-10-11-12-13-14-15-16-17-18-20-36(6)46(62)40(33-69-51-49(65)48(64)47(63)42(30-58)71-51)56-52(67)70-32-37-22-24-39(25-23-37)55-50(66)38(21-19-28-54-53)29-41(59)45(35(4)5)57-43(60)26-27-44(61)68-31-34(2)3;1-5-6-7-8-9-10-11-12-13-14-15-16-18-30(4)38(52)34(28-58-43-41(55)40(54)39(53)36(26-50)60-43)49-44(57)59-27-31-20-22-33(23-21-31)48-42(56)32(19-17-24-47-46)25-35(51)37(45)29(2)3;2*1-2;/h22-25,34-36,38,40,42,45-49,51,54,58,62-65H,7-21,26-33,53H2,1-6H3,(H,55,66)(H,56,67)(H,57,60);20-23,29-30,32,34,36-41,43,47,50,52-55H,5-19,24-28,45-46H2,1-4H3,(H,48,56)(H,49,57);;;1H4/t36-,38-,40+,42?,45+,46-,47+,48+,49?,51+;30-,32-,34+,36?,37+,38-,39+,40+,41?,43+;;;/m11.../s1. The first kappa shape index (κ1) is 129. The molecule has 4 unspecified atom stereocenters. The van der Waals surface area contributed by atoms with Crippen LogP contribution in [0.5, 0.6) is 0 Å². The molecule has 0 spiro atoms. The number of rotatable bonds is 70. The maximum atomic E-state index is 13.6. The number of nitrogens with one attached hydrogen (secondary N) is 7. The number of hydrazine groups is 2. The Hall–Kier alpha value is -7.08. The number of unbranched alkanes of at least 4 members (excludes halogenated alkanes) is 22. The quantitative estimate of drug-likeness (QED) is 0.00557. The summed E-state index contributed by atoms with van der Waals surface area (Å²) in [5, 5.41) is 118. The number of anilines is 2. The molecule has 782 valence electrons. The third kappa shape index (κ3) is 54.1. The van der Waals surface area contributed by atoms with Crippen LogP contribution in [0.1, 0.15) is 306 Å². The molecule has 2 aromatic rings. The number of aliphatic hydroxyl groups excluding tert-OH is 10. The average molecular weight is 1940 g/mol. The van der Waals surface area contributed by atoms with Gasteiger partial charge in [0.05, 0.1) is 75.8 Å². The van der Waals surface area contributed by atoms with E-state index < -0.39 is 153 Å². The number of benzene rings is 2. The van der Waals surface area contributed by atoms with Crippen LogP contribution in [-0.2, 0) is 84.4 Å². The number of ether oxygens (including phenoxy) is 7. The zero-order chi connectivity index (χ0) is 101. The topological polar surface area (TPSA) is 606 Å². The number of alkyl carbamates (subject to hydrolysis) is 2. The average Bonchev–Trinajstić information content (AvgIpc) is 0.816. The number of esters is 1. The molecule has 2 fully saturated rings. The molecule has 2 heterocycles. The molecule has 5 amide bonds. The molecular weight excluding hydrogens is 1760 g/mol. The number of hydrogen-bond donors (Lipinski definition) is 20. The summed E-state index contributed by atoms with van der Waals surface area (Å²) >= 11 is 0. The van der Waals surface area contributed by atoms with E-state index in [9.17, 15) is 89.4 Å². The number of carbonyl (C=O) groups is 8. The predicted octanol–water partition coefficient (Wildman–Crippen LogP) is 9.55. The van der Waals surface area contributed by atoms with Gasteiger partial charge in [0, 0.05) is 55.6 Å². The Labute approximate surface area is 808 Å². The van der Waals surface area contributed by atoms with Crippen LogP contribution in [0.2, 0.25) is 0 Å². The van der Waals surface area contributed by atoms with Crippen molar-refractivity contribution in [2.45, 2.75) is 406 Å². The molecule has 23 N–H and O–H groups in total. The molecule has 0 aromatic heterocycles. The Morgan fingerprint density at radius 3 is 1.10 bits per heavy atom. The molecule has 2 saturated heterocycles. The molecule has 37 nitrogen and oxygen atoms in total. The van der Waals surface area contributed by atoms with E-state index in [-0.39, 0.29) is 113 Å². The Morgan fingerprint density at radius 1 is 0.434 bits per heavy atom. The second-order valence-corrected chi connectivity index (χ2v) is 36.9. The van der Waals surface area contributed by atoms with Crippen molar-refractivity contribution in [3.63, 3.8) is 0 Å². The van der Waals surface area contributed by atoms with Gasteiger partial charge in [0.1, 0.15) is 62.0 Å². The summed E-state index contributed by atoms with van der Waals surface area (Å²) < 4.78 is 53.6. The zero-order valence-electron chi connectivity index (χ0n) is 81.9. The summed E-state index contributed by atoms with van der Waals surface area (Å²) in [5.41, 5.74) is 13.3. The summed E-state index contributed by atoms with van der Waals surface area (Å²) in [7, 11) is 0. The predicted molar refractivity (Wildman–Crippen MR) is 514 cm³/mol. The summed E-state index contributed by atoms with van der Waals surface area (Å²) in [4.78, 5) is 104. The zero-order valence-corrected chi connectivity index (χ0v) is 81.9. The van der Waals surface area contributed by atoms with E-state index in [0.717, 1.165) is 44.9 Å². The van der Waals surface area contributed by atoms with Gasteiger partial charge in [-0.05, 0) is 104 Å². The molecule has 20 atom stereocenters. The van der Waals surface area contributed by atoms with Gasteiger partial charge in [-0.3, -0.25) is 51.3 Å². The van der Waals surface area contributed by atoms with Crippen LogP contribution >= 0.6 is 0 Å². The van der Waals surface area contributed by atoms with Gasteiger partial charge in [-0.15, -0.1) is 0 Å². The van der Waals surface area contributed by atoms with Crippen molar-refractivity contribution in [2.75, 3.05) is 56.8 Å². The van der Waals surface area contributed by atoms with E-state index in [2.05, 4.69) is 64.6 Å². The van der Waals surface area contributed by atoms with Crippen LogP contribution in [0.3, 0.4) is 0 Å². The second kappa shape index (κ2) is 77.6. The van der Waals surface area contributed by atoms with E-state index in [1.165, 1.54) is 109 Å². The van der Waals surface area contributed by atoms with E-state index >= 15 is 0 Å². The van der Waals surface area contributed by atoms with Gasteiger partial charge in [-0.1, -0.05) is 255 Å². The normalized spacial score (nSPS) is 20.2. The number of Topliss-reactive ketones (excluding diaryl/α,β-unsaturated/α-hetero) is 2. The Bertz CT molecular complexity index is 3510. The van der Waals surface area contributed by atoms with Crippen molar-refractivity contribution >= 4 is 58.8 Å². The van der Waals surface area contributed by atoms with Crippen molar-refractivity contribution < 1.29 is 132 Å². The molecule has 0 bridgehead atoms. The van der Waals surface area contributed by atoms with Crippen LogP contribution in [0.4, 0.5) is 21.0 Å². The van der Waals surface area contributed by atoms with Gasteiger partial charge in [0.2, 0.25) is 17.7 Å². The monoisotopic (exact) mass is 1940 g/mol. The number of nitrogens with two attached hydrogens (primary N) is 3. The molecule has 0 aliphatic carbocycles. The van der Waals surface area contributed by atoms with Crippen molar-refractivity contribution in [1.29, 1.82) is 0 Å². The number of ketones is 2. The number of amides is 5. The molecule has 2 aliphatic heterocycles. The maximum absolute atomic E-state index is 13.6. The van der Waals surface area contributed by atoms with Crippen LogP contribution in [0.25, 0.3) is 0 Å². The third-order valence-corrected chi connectivity index (χ3v) is 24.3. The second-order valence-electron chi connectivity index (χ2n) is 36.9. The molecule has 136 heavy (non-hydrogen) atoms. The molecule has 4 rings (SSSR count). The van der Waals surface area contributed by atoms with Gasteiger partial charge < -0.3 is 117 Å². The van der Waals surface area contributed by atoms with Gasteiger partial charge >= 0.3 is 40.8 Å². The molecule has 2 aromatic carbocycles. The fraction of sp³-hybridized carbons (Fsp3) is 0.778. The fourth-order valence-electron chi connectivity index (χ4n) is 15.6. The van der Waals surface area contributed by atoms with Crippen LogP contribution in [-0.4, -0.2) is 242 Å². The number of hydrogen-bond acceptors (Lipinski definition) is 30. The van der Waals surface area contributed by atoms with Gasteiger partial charge in [0.15, 0.2) is 24.1 Å². The van der Waals surface area contributed by atoms with Gasteiger partial charge in [0.25, 0.3) is 0 Å². The molecule has 2 aliphatic rings. The fourth-order valence-corrected chi connectivity index (χ4v) is 15.6. The van der Waals surface area contributed by atoms with E-state index in [1.54, 1.807) is 62.4 Å². The SMILES string of the molecule is C.CCCCCCCCCCCCCC[C@@H](C)[C@@H](O)[C@H](CO[C@H]1OC(CO)[C@H](O)[C@H](O)C1O)NC(=O)OCc1ccc(NC(=O)[C@H](CCCNN)CC(=O)[C@@H](N)C(C)C)cc1.CCCCCCCCCCCCCC[C@@H](C)[C@@H](O)[C@H](CO[C@H]1OC(CO)[C@H](O)[C@H](O)C1O)NC(=O)OCc1ccc(NC(=O)[C@H](CCCNN)CC(=O)[C@@H](NC(=O)CCC(=O)OCC(C)C)C(C)C)cc1.[C-]#[O+].[C-]#[O+]. The minimum absolute atomic E-state index is 0. The van der Waals surface area contributed by atoms with Crippen LogP contribution in [0, 0.1) is 54.7 Å². The van der Waals surface area contributed by atoms with E-state index in [4.69, 9.17) is 59.9 Å². The summed E-state index contributed by atoms with van der Waals surface area (Å²) in [6.45, 7) is 27.1. The minimum atomic E-state index is -1.67. The number of carbonyl (C=O) groups excluding carboxylic acids is 8. The molecule has 0 radical (unpaired) electrons. The summed E-state index contributed by atoms with van der Waals surface area (Å²) in [6, 6.07) is 9.63. The van der Waals surface area contributed by atoms with Crippen molar-refractivity contribution in [3.8, 4) is 0 Å². The molecular formula is C99H174N10O27. The van der Waals surface area contributed by atoms with Crippen molar-refractivity contribution in [3.05, 3.63) is 73.0 Å².